The van der Waals surface area contributed by atoms with E-state index in [2.05, 4.69) is 42.2 Å². The number of aliphatic hydroxyl groups is 1. The Kier molecular flexibility index (Phi) is 7.49. The summed E-state index contributed by atoms with van der Waals surface area (Å²) in [6, 6.07) is 0. The van der Waals surface area contributed by atoms with Crippen LogP contribution in [0.3, 0.4) is 0 Å². The molecule has 45 heavy (non-hydrogen) atoms. The van der Waals surface area contributed by atoms with Crippen LogP contribution in [0.25, 0.3) is 22.3 Å². The van der Waals surface area contributed by atoms with Crippen LogP contribution in [0.4, 0.5) is 16.2 Å². The molecule has 242 valence electrons. The number of rotatable bonds is 2. The van der Waals surface area contributed by atoms with E-state index >= 15 is 4.39 Å². The third kappa shape index (κ3) is 5.42. The number of alkyl halides is 1. The smallest absolute Gasteiger partial charge is 0.387 e. The molecule has 21 nitrogen and oxygen atoms in total. The molecule has 7 heterocycles. The van der Waals surface area contributed by atoms with Crippen LogP contribution in [0.2, 0.25) is 0 Å². The fourth-order valence-electron chi connectivity index (χ4n) is 5.26. The highest BCUT2D eigenvalue weighted by molar-refractivity contribution is 8.44. The maximum atomic E-state index is 15.9. The van der Waals surface area contributed by atoms with Gasteiger partial charge in [-0.1, -0.05) is 12.2 Å². The van der Waals surface area contributed by atoms with Crippen molar-refractivity contribution < 1.29 is 51.1 Å². The number of thiol groups is 1. The third-order valence-electron chi connectivity index (χ3n) is 7.28. The van der Waals surface area contributed by atoms with E-state index in [0.717, 1.165) is 12.7 Å². The number of imidazole rings is 2. The number of nitrogens with zero attached hydrogens (tertiary/aromatic N) is 7. The van der Waals surface area contributed by atoms with Gasteiger partial charge >= 0.3 is 14.6 Å². The Morgan fingerprint density at radius 1 is 0.956 bits per heavy atom. The minimum absolute atomic E-state index is 0.0165. The van der Waals surface area contributed by atoms with Gasteiger partial charge in [0.25, 0.3) is 5.56 Å². The van der Waals surface area contributed by atoms with Crippen LogP contribution in [0.15, 0.2) is 23.8 Å². The monoisotopic (exact) mass is 692 g/mol. The molecular formula is C20H23FN10O11P2S. The van der Waals surface area contributed by atoms with E-state index in [1.165, 1.54) is 15.5 Å². The molecule has 0 saturated carbocycles. The highest BCUT2D eigenvalue weighted by Crippen LogP contribution is 2.58. The van der Waals surface area contributed by atoms with Gasteiger partial charge in [0, 0.05) is 0 Å². The first-order valence-electron chi connectivity index (χ1n) is 12.9. The van der Waals surface area contributed by atoms with Gasteiger partial charge in [-0.2, -0.15) is 4.98 Å². The Labute approximate surface area is 254 Å². The van der Waals surface area contributed by atoms with Gasteiger partial charge in [0.15, 0.2) is 41.3 Å². The van der Waals surface area contributed by atoms with Crippen molar-refractivity contribution >= 4 is 61.0 Å². The van der Waals surface area contributed by atoms with Crippen LogP contribution in [-0.4, -0.2) is 98.9 Å². The third-order valence-corrected chi connectivity index (χ3v) is 9.88. The van der Waals surface area contributed by atoms with Crippen LogP contribution in [0, 0.1) is 0 Å². The van der Waals surface area contributed by atoms with Gasteiger partial charge in [0.1, 0.15) is 42.4 Å². The van der Waals surface area contributed by atoms with E-state index in [9.17, 15) is 23.9 Å². The van der Waals surface area contributed by atoms with E-state index in [-0.39, 0.29) is 34.1 Å². The first-order valence-corrected chi connectivity index (χ1v) is 17.1. The molecule has 10 atom stereocenters. The highest BCUT2D eigenvalue weighted by Gasteiger charge is 2.54. The summed E-state index contributed by atoms with van der Waals surface area (Å²) in [6.07, 6.45) is -9.63. The molecule has 0 radical (unpaired) electrons. The second kappa shape index (κ2) is 11.0. The number of phosphoric ester groups is 1. The lowest BCUT2D eigenvalue weighted by atomic mass is 10.1. The number of H-pyrrole nitrogens is 1. The van der Waals surface area contributed by atoms with Crippen molar-refractivity contribution in [3.05, 3.63) is 29.3 Å². The number of aromatic amines is 1. The van der Waals surface area contributed by atoms with Crippen molar-refractivity contribution in [2.24, 2.45) is 0 Å². The molecule has 3 aliphatic heterocycles. The summed E-state index contributed by atoms with van der Waals surface area (Å²) in [4.78, 5) is 45.1. The molecule has 3 fully saturated rings. The van der Waals surface area contributed by atoms with Crippen molar-refractivity contribution in [1.82, 2.24) is 39.0 Å². The normalized spacial score (nSPS) is 37.7. The molecule has 4 aromatic rings. The summed E-state index contributed by atoms with van der Waals surface area (Å²) in [6.45, 7) is -6.00. The number of fused-ring (bicyclic) bond motifs is 5. The number of nitrogen functional groups attached to an aromatic ring is 2. The lowest BCUT2D eigenvalue weighted by Gasteiger charge is -2.26. The number of ether oxygens (including phenoxy) is 2. The van der Waals surface area contributed by atoms with E-state index in [0.29, 0.717) is 0 Å². The summed E-state index contributed by atoms with van der Waals surface area (Å²) in [5.41, 5.74) is 10.8. The summed E-state index contributed by atoms with van der Waals surface area (Å²) in [7, 11) is -5.10. The summed E-state index contributed by atoms with van der Waals surface area (Å²) >= 11 is 4.01. The van der Waals surface area contributed by atoms with Crippen LogP contribution in [-0.2, 0) is 36.7 Å². The molecule has 0 spiro atoms. The predicted octanol–water partition coefficient (Wildman–Crippen LogP) is -0.427. The molecule has 0 amide bonds. The highest BCUT2D eigenvalue weighted by atomic mass is 32.7. The Morgan fingerprint density at radius 3 is 2.42 bits per heavy atom. The van der Waals surface area contributed by atoms with E-state index in [1.807, 2.05) is 0 Å². The first-order chi connectivity index (χ1) is 21.3. The Hall–Kier alpha value is -3.08. The Morgan fingerprint density at radius 2 is 1.64 bits per heavy atom. The Bertz CT molecular complexity index is 1950. The molecule has 4 aromatic heterocycles. The van der Waals surface area contributed by atoms with Crippen LogP contribution in [0.5, 0.6) is 0 Å². The maximum absolute atomic E-state index is 15.9. The second-order valence-electron chi connectivity index (χ2n) is 10.1. The van der Waals surface area contributed by atoms with Crippen molar-refractivity contribution in [1.29, 1.82) is 0 Å². The number of hydrogen-bond donors (Lipinski definition) is 6. The molecule has 25 heteroatoms. The number of aromatic nitrogens is 8. The maximum Gasteiger partial charge on any atom is 0.472 e. The van der Waals surface area contributed by atoms with Crippen molar-refractivity contribution in [2.75, 3.05) is 24.7 Å². The number of nitrogens with two attached hydrogens (primary N) is 2. The van der Waals surface area contributed by atoms with Crippen LogP contribution in [0.1, 0.15) is 12.5 Å². The lowest BCUT2D eigenvalue weighted by molar-refractivity contribution is -0.0619. The minimum atomic E-state index is -5.10. The van der Waals surface area contributed by atoms with E-state index < -0.39 is 82.5 Å². The average Bonchev–Trinajstić information content (AvgIpc) is 3.72. The Balaban J connectivity index is 1.21. The topological polar surface area (TPSA) is 289 Å². The van der Waals surface area contributed by atoms with Gasteiger partial charge in [-0.05, 0) is 0 Å². The quantitative estimate of drug-likeness (QED) is 0.115. The average molecular weight is 692 g/mol. The first kappa shape index (κ1) is 30.6. The zero-order valence-corrected chi connectivity index (χ0v) is 25.0. The van der Waals surface area contributed by atoms with Gasteiger partial charge in [-0.25, -0.2) is 33.5 Å². The number of anilines is 2. The summed E-state index contributed by atoms with van der Waals surface area (Å²) in [5, 5.41) is 11.1. The molecule has 2 bridgehead atoms. The number of hydrogen-bond acceptors (Lipinski definition) is 17. The fourth-order valence-corrected chi connectivity index (χ4v) is 7.68. The molecule has 3 saturated heterocycles. The van der Waals surface area contributed by atoms with E-state index in [1.54, 1.807) is 0 Å². The summed E-state index contributed by atoms with van der Waals surface area (Å²) < 4.78 is 77.6. The molecular weight excluding hydrogens is 669 g/mol. The van der Waals surface area contributed by atoms with E-state index in [4.69, 9.17) is 39.0 Å². The molecule has 0 aromatic carbocycles. The standard InChI is InChI=1S/C20H23FN10O11P2S/c21-8-12-7(40-18(8)30-4-26-9-14(22)24-3-25-15(9)30)2-38-44(36,45)42-13-11(32)6(1-37-43(34,35)41-12)39-19(13)31-5-27-10-16(31)28-20(23)29-17(10)33/h3-8,11-13,18-19,32H,1-2H2,(H,34,35)(H,36,45)(H2,22,24,25)(H3,23,28,29,33). The van der Waals surface area contributed by atoms with Gasteiger partial charge in [-0.3, -0.25) is 37.0 Å². The minimum Gasteiger partial charge on any atom is -0.387 e. The van der Waals surface area contributed by atoms with Crippen molar-refractivity contribution in [3.8, 4) is 0 Å². The predicted molar refractivity (Wildman–Crippen MR) is 149 cm³/mol. The zero-order valence-electron chi connectivity index (χ0n) is 22.3. The van der Waals surface area contributed by atoms with Gasteiger partial charge in [0.05, 0.1) is 25.9 Å². The van der Waals surface area contributed by atoms with Gasteiger partial charge in [0.2, 0.25) is 5.95 Å². The number of halogens is 1. The molecule has 7 rings (SSSR count). The molecule has 0 aliphatic carbocycles. The SMILES string of the molecule is Nc1nc2c(ncn2C2OC3COP(=O)(O)OC4C(COP(=O)(S)OC2C3O)OC(n2cnc3c(N)ncnc32)C4F)c(=O)[nH]1. The van der Waals surface area contributed by atoms with Gasteiger partial charge in [-0.15, -0.1) is 0 Å². The number of phosphoric acid groups is 1. The lowest BCUT2D eigenvalue weighted by Crippen LogP contribution is -2.35. The van der Waals surface area contributed by atoms with Crippen LogP contribution < -0.4 is 17.0 Å². The molecule has 3 aliphatic rings. The number of aliphatic hydroxyl groups excluding tert-OH is 1. The summed E-state index contributed by atoms with van der Waals surface area (Å²) in [5.74, 6) is -0.244. The number of nitrogens with one attached hydrogen (secondary N) is 1. The molecule has 10 unspecified atom stereocenters. The van der Waals surface area contributed by atoms with Gasteiger partial charge < -0.3 is 30.9 Å². The second-order valence-corrected chi connectivity index (χ2v) is 14.4. The zero-order chi connectivity index (χ0) is 31.8. The van der Waals surface area contributed by atoms with Crippen LogP contribution >= 0.6 is 26.9 Å². The largest absolute Gasteiger partial charge is 0.472 e. The molecule has 7 N–H and O–H groups in total. The fraction of sp³-hybridized carbons (Fsp3) is 0.500. The van der Waals surface area contributed by atoms with Crippen molar-refractivity contribution in [2.45, 2.75) is 49.1 Å². The van der Waals surface area contributed by atoms with Crippen molar-refractivity contribution in [3.63, 3.8) is 0 Å².